The van der Waals surface area contributed by atoms with Crippen molar-refractivity contribution < 1.29 is 28.1 Å². The topological polar surface area (TPSA) is 54.0 Å². The Labute approximate surface area is 153 Å². The number of hydrogen-bond donors (Lipinski definition) is 0. The molecule has 0 atom stereocenters. The van der Waals surface area contributed by atoms with Crippen LogP contribution in [0, 0.1) is 5.82 Å². The summed E-state index contributed by atoms with van der Waals surface area (Å²) >= 11 is 3.39. The van der Waals surface area contributed by atoms with E-state index in [1.54, 1.807) is 18.2 Å². The fraction of sp³-hybridized carbons (Fsp3) is 0.278. The molecule has 0 bridgehead atoms. The van der Waals surface area contributed by atoms with E-state index in [0.717, 1.165) is 0 Å². The third-order valence-corrected chi connectivity index (χ3v) is 4.24. The summed E-state index contributed by atoms with van der Waals surface area (Å²) in [6.07, 6.45) is 0.0412. The number of rotatable bonds is 7. The number of methoxy groups -OCH3 is 3. The van der Waals surface area contributed by atoms with Crippen molar-refractivity contribution in [1.29, 1.82) is 0 Å². The molecular formula is C18H18BrFO5. The Morgan fingerprint density at radius 1 is 1.00 bits per heavy atom. The van der Waals surface area contributed by atoms with Crippen molar-refractivity contribution >= 4 is 21.9 Å². The van der Waals surface area contributed by atoms with Crippen LogP contribution < -0.4 is 14.2 Å². The summed E-state index contributed by atoms with van der Waals surface area (Å²) in [6.45, 7) is -0.0232. The Bertz CT molecular complexity index is 763. The van der Waals surface area contributed by atoms with Gasteiger partial charge in [0.05, 0.1) is 27.8 Å². The second-order valence-electron chi connectivity index (χ2n) is 5.10. The second kappa shape index (κ2) is 8.71. The van der Waals surface area contributed by atoms with Gasteiger partial charge in [-0.25, -0.2) is 4.39 Å². The second-order valence-corrected chi connectivity index (χ2v) is 5.96. The first-order valence-corrected chi connectivity index (χ1v) is 8.16. The summed E-state index contributed by atoms with van der Waals surface area (Å²) in [5, 5.41) is 0. The van der Waals surface area contributed by atoms with E-state index in [4.69, 9.17) is 18.9 Å². The Morgan fingerprint density at radius 2 is 1.64 bits per heavy atom. The van der Waals surface area contributed by atoms with Gasteiger partial charge in [0.15, 0.2) is 23.1 Å². The van der Waals surface area contributed by atoms with Gasteiger partial charge in [-0.2, -0.15) is 0 Å². The predicted octanol–water partition coefficient (Wildman–Crippen LogP) is 3.90. The number of ether oxygens (including phenoxy) is 4. The van der Waals surface area contributed by atoms with Crippen molar-refractivity contribution in [1.82, 2.24) is 0 Å². The van der Waals surface area contributed by atoms with Gasteiger partial charge in [0.1, 0.15) is 6.61 Å². The Kier molecular flexibility index (Phi) is 6.64. The van der Waals surface area contributed by atoms with Crippen LogP contribution in [0.1, 0.15) is 11.1 Å². The van der Waals surface area contributed by atoms with Crippen LogP contribution in [-0.2, 0) is 22.6 Å². The Hall–Kier alpha value is -2.28. The van der Waals surface area contributed by atoms with E-state index < -0.39 is 11.8 Å². The molecular weight excluding hydrogens is 395 g/mol. The summed E-state index contributed by atoms with van der Waals surface area (Å²) < 4.78 is 34.8. The van der Waals surface area contributed by atoms with E-state index in [-0.39, 0.29) is 18.8 Å². The summed E-state index contributed by atoms with van der Waals surface area (Å²) in [4.78, 5) is 12.1. The maximum absolute atomic E-state index is 13.6. The SMILES string of the molecule is COc1ccc(COC(=O)Cc2cc(OC)c(OC)cc2Br)cc1F. The molecule has 0 radical (unpaired) electrons. The highest BCUT2D eigenvalue weighted by Gasteiger charge is 2.14. The summed E-state index contributed by atoms with van der Waals surface area (Å²) in [5.74, 6) is 0.276. The van der Waals surface area contributed by atoms with Gasteiger partial charge >= 0.3 is 5.97 Å². The first-order valence-electron chi connectivity index (χ1n) is 7.37. The van der Waals surface area contributed by atoms with E-state index in [2.05, 4.69) is 15.9 Å². The normalized spacial score (nSPS) is 10.3. The lowest BCUT2D eigenvalue weighted by atomic mass is 10.1. The average molecular weight is 413 g/mol. The van der Waals surface area contributed by atoms with Gasteiger partial charge in [-0.3, -0.25) is 4.79 Å². The molecule has 0 N–H and O–H groups in total. The molecule has 0 heterocycles. The largest absolute Gasteiger partial charge is 0.494 e. The van der Waals surface area contributed by atoms with Crippen LogP contribution in [0.2, 0.25) is 0 Å². The molecule has 0 unspecified atom stereocenters. The highest BCUT2D eigenvalue weighted by molar-refractivity contribution is 9.10. The van der Waals surface area contributed by atoms with Gasteiger partial charge in [0.2, 0.25) is 0 Å². The fourth-order valence-corrected chi connectivity index (χ4v) is 2.66. The van der Waals surface area contributed by atoms with Crippen molar-refractivity contribution in [3.63, 3.8) is 0 Å². The van der Waals surface area contributed by atoms with E-state index >= 15 is 0 Å². The minimum Gasteiger partial charge on any atom is -0.494 e. The molecule has 5 nitrogen and oxygen atoms in total. The molecule has 0 saturated heterocycles. The maximum atomic E-state index is 13.6. The first-order chi connectivity index (χ1) is 12.0. The van der Waals surface area contributed by atoms with E-state index in [1.807, 2.05) is 0 Å². The maximum Gasteiger partial charge on any atom is 0.310 e. The standard InChI is InChI=1S/C18H18BrFO5/c1-22-15-5-4-11(6-14(15)20)10-25-18(21)8-12-7-16(23-2)17(24-3)9-13(12)19/h4-7,9H,8,10H2,1-3H3. The minimum absolute atomic E-state index is 0.0232. The molecule has 0 aromatic heterocycles. The smallest absolute Gasteiger partial charge is 0.310 e. The molecule has 0 saturated carbocycles. The molecule has 25 heavy (non-hydrogen) atoms. The molecule has 0 aliphatic carbocycles. The van der Waals surface area contributed by atoms with Crippen molar-refractivity contribution in [3.8, 4) is 17.2 Å². The zero-order chi connectivity index (χ0) is 18.4. The van der Waals surface area contributed by atoms with Crippen molar-refractivity contribution in [3.05, 3.63) is 51.7 Å². The molecule has 0 fully saturated rings. The predicted molar refractivity (Wildman–Crippen MR) is 93.7 cm³/mol. The van der Waals surface area contributed by atoms with Crippen molar-refractivity contribution in [2.24, 2.45) is 0 Å². The third kappa shape index (κ3) is 4.85. The van der Waals surface area contributed by atoms with Crippen molar-refractivity contribution in [2.45, 2.75) is 13.0 Å². The zero-order valence-electron chi connectivity index (χ0n) is 14.1. The average Bonchev–Trinajstić information content (AvgIpc) is 2.61. The third-order valence-electron chi connectivity index (χ3n) is 3.50. The quantitative estimate of drug-likeness (QED) is 0.645. The molecule has 2 aromatic rings. The molecule has 0 amide bonds. The van der Waals surface area contributed by atoms with Crippen LogP contribution >= 0.6 is 15.9 Å². The first kappa shape index (κ1) is 19.1. The zero-order valence-corrected chi connectivity index (χ0v) is 15.7. The molecule has 2 rings (SSSR count). The lowest BCUT2D eigenvalue weighted by Gasteiger charge is -2.12. The molecule has 0 aliphatic heterocycles. The molecule has 7 heteroatoms. The highest BCUT2D eigenvalue weighted by atomic mass is 79.9. The van der Waals surface area contributed by atoms with Gasteiger partial charge in [-0.1, -0.05) is 22.0 Å². The molecule has 134 valence electrons. The summed E-state index contributed by atoms with van der Waals surface area (Å²) in [6, 6.07) is 7.83. The minimum atomic E-state index is -0.501. The molecule has 0 aliphatic rings. The summed E-state index contributed by atoms with van der Waals surface area (Å²) in [7, 11) is 4.44. The fourth-order valence-electron chi connectivity index (χ4n) is 2.20. The number of esters is 1. The van der Waals surface area contributed by atoms with E-state index in [0.29, 0.717) is 27.1 Å². The van der Waals surface area contributed by atoms with Gasteiger partial charge in [0, 0.05) is 4.47 Å². The number of benzene rings is 2. The van der Waals surface area contributed by atoms with Crippen molar-refractivity contribution in [2.75, 3.05) is 21.3 Å². The van der Waals surface area contributed by atoms with Gasteiger partial charge < -0.3 is 18.9 Å². The van der Waals surface area contributed by atoms with Crippen LogP contribution in [0.4, 0.5) is 4.39 Å². The molecule has 0 spiro atoms. The van der Waals surface area contributed by atoms with Crippen LogP contribution in [0.15, 0.2) is 34.8 Å². The van der Waals surface area contributed by atoms with Crippen LogP contribution in [-0.4, -0.2) is 27.3 Å². The van der Waals surface area contributed by atoms with Gasteiger partial charge in [-0.15, -0.1) is 0 Å². The lowest BCUT2D eigenvalue weighted by Crippen LogP contribution is -2.09. The Morgan fingerprint density at radius 3 is 2.24 bits per heavy atom. The number of hydrogen-bond acceptors (Lipinski definition) is 5. The highest BCUT2D eigenvalue weighted by Crippen LogP contribution is 2.33. The number of halogens is 2. The van der Waals surface area contributed by atoms with Crippen LogP contribution in [0.5, 0.6) is 17.2 Å². The number of carbonyl (C=O) groups excluding carboxylic acids is 1. The monoisotopic (exact) mass is 412 g/mol. The van der Waals surface area contributed by atoms with Gasteiger partial charge in [-0.05, 0) is 35.4 Å². The number of carbonyl (C=O) groups is 1. The van der Waals surface area contributed by atoms with E-state index in [9.17, 15) is 9.18 Å². The summed E-state index contributed by atoms with van der Waals surface area (Å²) in [5.41, 5.74) is 1.24. The van der Waals surface area contributed by atoms with Crippen LogP contribution in [0.25, 0.3) is 0 Å². The molecule has 2 aromatic carbocycles. The lowest BCUT2D eigenvalue weighted by molar-refractivity contribution is -0.144. The van der Waals surface area contributed by atoms with Gasteiger partial charge in [0.25, 0.3) is 0 Å². The van der Waals surface area contributed by atoms with Crippen LogP contribution in [0.3, 0.4) is 0 Å². The van der Waals surface area contributed by atoms with E-state index in [1.165, 1.54) is 33.5 Å². The Balaban J connectivity index is 2.02.